The molecular weight excluding hydrogens is 216 g/mol. The molecule has 0 amide bonds. The number of hydrogen-bond donors (Lipinski definition) is 1. The van der Waals surface area contributed by atoms with Gasteiger partial charge in [0.25, 0.3) is 0 Å². The number of carbonyl (C=O) groups excluding carboxylic acids is 1. The second-order valence-electron chi connectivity index (χ2n) is 2.33. The van der Waals surface area contributed by atoms with Gasteiger partial charge in [-0.1, -0.05) is 13.8 Å². The maximum Gasteiger partial charge on any atom is 1.00 e. The van der Waals surface area contributed by atoms with E-state index in [-0.39, 0.29) is 29.0 Å². The van der Waals surface area contributed by atoms with Gasteiger partial charge in [0.1, 0.15) is 0 Å². The van der Waals surface area contributed by atoms with Crippen LogP contribution in [0.15, 0.2) is 0 Å². The van der Waals surface area contributed by atoms with Crippen molar-refractivity contribution in [2.24, 2.45) is 5.41 Å². The smallest absolute Gasteiger partial charge is 0.549 e. The van der Waals surface area contributed by atoms with E-state index in [9.17, 15) is 9.90 Å². The predicted octanol–water partition coefficient (Wildman–Crippen LogP) is -1.25. The Balaban J connectivity index is 0. The summed E-state index contributed by atoms with van der Waals surface area (Å²) in [5.41, 5.74) is -1.10. The number of rotatable bonds is 2. The minimum Gasteiger partial charge on any atom is -0.549 e. The normalized spacial score (nSPS) is 10.1. The third-order valence-electron chi connectivity index (χ3n) is 0.948. The minimum absolute atomic E-state index is 0. The third-order valence-corrected chi connectivity index (χ3v) is 0.948. The predicted molar refractivity (Wildman–Crippen MR) is 25.9 cm³/mol. The molecule has 0 heterocycles. The van der Waals surface area contributed by atoms with Gasteiger partial charge in [-0.25, -0.2) is 0 Å². The van der Waals surface area contributed by atoms with Gasteiger partial charge in [-0.2, -0.15) is 0 Å². The number of carbonyl (C=O) groups is 1. The molecule has 9 heavy (non-hydrogen) atoms. The summed E-state index contributed by atoms with van der Waals surface area (Å²) in [7, 11) is 0. The molecule has 0 aromatic carbocycles. The molecule has 4 heteroatoms. The van der Waals surface area contributed by atoms with Crippen LogP contribution in [-0.4, -0.2) is 17.7 Å². The molecule has 0 rings (SSSR count). The van der Waals surface area contributed by atoms with Crippen molar-refractivity contribution in [1.29, 1.82) is 0 Å². The van der Waals surface area contributed by atoms with Gasteiger partial charge in [-0.3, -0.25) is 0 Å². The zero-order chi connectivity index (χ0) is 6.78. The van der Waals surface area contributed by atoms with Crippen molar-refractivity contribution in [1.82, 2.24) is 0 Å². The Bertz CT molecular complexity index is 100. The second kappa shape index (κ2) is 4.06. The van der Waals surface area contributed by atoms with Gasteiger partial charge in [0, 0.05) is 11.4 Å². The fourth-order valence-electron chi connectivity index (χ4n) is 0.0645. The van der Waals surface area contributed by atoms with Gasteiger partial charge in [0.15, 0.2) is 0 Å². The molecule has 0 unspecified atom stereocenters. The van der Waals surface area contributed by atoms with Gasteiger partial charge >= 0.3 is 22.4 Å². The summed E-state index contributed by atoms with van der Waals surface area (Å²) in [5.74, 6) is -1.22. The molecule has 0 spiro atoms. The number of aliphatic hydroxyl groups excluding tert-OH is 1. The Morgan fingerprint density at radius 1 is 1.67 bits per heavy atom. The molecular formula is C5H9AgO3. The molecule has 0 aliphatic rings. The van der Waals surface area contributed by atoms with Gasteiger partial charge < -0.3 is 15.0 Å². The number of hydrogen-bond acceptors (Lipinski definition) is 3. The van der Waals surface area contributed by atoms with Crippen molar-refractivity contribution in [3.05, 3.63) is 0 Å². The van der Waals surface area contributed by atoms with E-state index in [2.05, 4.69) is 0 Å². The number of carboxylic acids is 1. The second-order valence-corrected chi connectivity index (χ2v) is 2.33. The number of aliphatic hydroxyl groups is 1. The zero-order valence-corrected chi connectivity index (χ0v) is 6.75. The SMILES string of the molecule is CC(C)(CO)C(=O)[O-].[Ag+]. The molecule has 0 saturated heterocycles. The fourth-order valence-corrected chi connectivity index (χ4v) is 0.0645. The van der Waals surface area contributed by atoms with Crippen LogP contribution in [0, 0.1) is 5.41 Å². The molecule has 1 N–H and O–H groups in total. The summed E-state index contributed by atoms with van der Waals surface area (Å²) in [6.07, 6.45) is 0. The van der Waals surface area contributed by atoms with E-state index in [1.807, 2.05) is 0 Å². The Kier molecular flexibility index (Phi) is 5.37. The van der Waals surface area contributed by atoms with Crippen LogP contribution < -0.4 is 5.11 Å². The van der Waals surface area contributed by atoms with Gasteiger partial charge in [-0.15, -0.1) is 0 Å². The summed E-state index contributed by atoms with van der Waals surface area (Å²) in [6.45, 7) is 2.43. The fraction of sp³-hybridized carbons (Fsp3) is 0.800. The summed E-state index contributed by atoms with van der Waals surface area (Å²) in [6, 6.07) is 0. The first-order chi connectivity index (χ1) is 3.50. The van der Waals surface area contributed by atoms with Crippen molar-refractivity contribution >= 4 is 5.97 Å². The number of carboxylic acid groups (broad SMARTS) is 1. The van der Waals surface area contributed by atoms with Crippen LogP contribution in [0.2, 0.25) is 0 Å². The van der Waals surface area contributed by atoms with Crippen molar-refractivity contribution in [2.45, 2.75) is 13.8 Å². The third kappa shape index (κ3) is 3.70. The van der Waals surface area contributed by atoms with Crippen molar-refractivity contribution in [3.63, 3.8) is 0 Å². The van der Waals surface area contributed by atoms with E-state index in [4.69, 9.17) is 5.11 Å². The van der Waals surface area contributed by atoms with Crippen molar-refractivity contribution < 1.29 is 37.4 Å². The Labute approximate surface area is 69.6 Å². The van der Waals surface area contributed by atoms with Gasteiger partial charge in [0.2, 0.25) is 0 Å². The van der Waals surface area contributed by atoms with Crippen LogP contribution in [0.1, 0.15) is 13.8 Å². The first kappa shape index (κ1) is 11.9. The van der Waals surface area contributed by atoms with E-state index in [0.29, 0.717) is 0 Å². The standard InChI is InChI=1S/C5H10O3.Ag/c1-5(2,3-6)4(7)8;/h6H,3H2,1-2H3,(H,7,8);/q;+1/p-1. The molecule has 0 bridgehead atoms. The van der Waals surface area contributed by atoms with E-state index in [1.54, 1.807) is 0 Å². The first-order valence-corrected chi connectivity index (χ1v) is 2.33. The topological polar surface area (TPSA) is 60.4 Å². The molecule has 58 valence electrons. The van der Waals surface area contributed by atoms with Crippen LogP contribution in [0.5, 0.6) is 0 Å². The Morgan fingerprint density at radius 2 is 2.00 bits per heavy atom. The summed E-state index contributed by atoms with van der Waals surface area (Å²) >= 11 is 0. The van der Waals surface area contributed by atoms with Crippen molar-refractivity contribution in [2.75, 3.05) is 6.61 Å². The molecule has 0 atom stereocenters. The Hall–Kier alpha value is 0.170. The maximum atomic E-state index is 9.98. The van der Waals surface area contributed by atoms with Crippen molar-refractivity contribution in [3.8, 4) is 0 Å². The van der Waals surface area contributed by atoms with Gasteiger partial charge in [-0.05, 0) is 0 Å². The molecule has 0 saturated carbocycles. The minimum atomic E-state index is -1.22. The molecule has 3 nitrogen and oxygen atoms in total. The molecule has 0 radical (unpaired) electrons. The molecule has 0 aromatic rings. The average molecular weight is 225 g/mol. The molecule has 0 aromatic heterocycles. The van der Waals surface area contributed by atoms with Gasteiger partial charge in [0.05, 0.1) is 6.61 Å². The summed E-state index contributed by atoms with van der Waals surface area (Å²) < 4.78 is 0. The maximum absolute atomic E-state index is 9.98. The number of aliphatic carboxylic acids is 1. The quantitative estimate of drug-likeness (QED) is 0.597. The van der Waals surface area contributed by atoms with E-state index < -0.39 is 11.4 Å². The zero-order valence-electron chi connectivity index (χ0n) is 5.27. The summed E-state index contributed by atoms with van der Waals surface area (Å²) in [5, 5.41) is 18.3. The molecule has 0 aliphatic heterocycles. The van der Waals surface area contributed by atoms with Crippen LogP contribution >= 0.6 is 0 Å². The first-order valence-electron chi connectivity index (χ1n) is 2.33. The van der Waals surface area contributed by atoms with E-state index in [1.165, 1.54) is 13.8 Å². The van der Waals surface area contributed by atoms with Crippen LogP contribution in [-0.2, 0) is 27.2 Å². The molecule has 0 fully saturated rings. The average Bonchev–Trinajstić information content (AvgIpc) is 1.67. The largest absolute Gasteiger partial charge is 1.00 e. The molecule has 0 aliphatic carbocycles. The van der Waals surface area contributed by atoms with Crippen LogP contribution in [0.25, 0.3) is 0 Å². The monoisotopic (exact) mass is 224 g/mol. The Morgan fingerprint density at radius 3 is 2.00 bits per heavy atom. The van der Waals surface area contributed by atoms with E-state index in [0.717, 1.165) is 0 Å². The van der Waals surface area contributed by atoms with Crippen LogP contribution in [0.3, 0.4) is 0 Å². The summed E-state index contributed by atoms with van der Waals surface area (Å²) in [4.78, 5) is 9.98. The van der Waals surface area contributed by atoms with E-state index >= 15 is 0 Å². The van der Waals surface area contributed by atoms with Crippen LogP contribution in [0.4, 0.5) is 0 Å².